The molecule has 0 radical (unpaired) electrons. The van der Waals surface area contributed by atoms with Crippen LogP contribution in [0.1, 0.15) is 24.3 Å². The minimum absolute atomic E-state index is 0.136. The monoisotopic (exact) mass is 261 g/mol. The Balaban J connectivity index is 2.66. The number of fused-ring (bicyclic) bond motifs is 1. The summed E-state index contributed by atoms with van der Waals surface area (Å²) in [4.78, 5) is 11.2. The van der Waals surface area contributed by atoms with Crippen LogP contribution in [0.2, 0.25) is 0 Å². The zero-order chi connectivity index (χ0) is 14.0. The minimum atomic E-state index is -1.16. The van der Waals surface area contributed by atoms with Crippen molar-refractivity contribution in [2.75, 3.05) is 11.9 Å². The fourth-order valence-corrected chi connectivity index (χ4v) is 1.71. The Morgan fingerprint density at radius 1 is 1.32 bits per heavy atom. The second-order valence-electron chi connectivity index (χ2n) is 4.91. The van der Waals surface area contributed by atoms with Gasteiger partial charge in [-0.25, -0.2) is 4.79 Å². The van der Waals surface area contributed by atoms with Crippen molar-refractivity contribution < 1.29 is 15.0 Å². The molecule has 1 heterocycles. The third kappa shape index (κ3) is 2.63. The third-order valence-corrected chi connectivity index (χ3v) is 2.73. The summed E-state index contributed by atoms with van der Waals surface area (Å²) in [6.07, 6.45) is 0. The quantitative estimate of drug-likeness (QED) is 0.772. The maximum atomic E-state index is 11.2. The maximum Gasteiger partial charge on any atom is 0.358 e. The number of rotatable bonds is 4. The summed E-state index contributed by atoms with van der Waals surface area (Å²) in [6, 6.07) is 7.13. The van der Waals surface area contributed by atoms with E-state index in [0.29, 0.717) is 16.6 Å². The fraction of sp³-hybridized carbons (Fsp3) is 0.308. The van der Waals surface area contributed by atoms with Gasteiger partial charge in [-0.1, -0.05) is 18.2 Å². The number of benzene rings is 1. The first-order valence-electron chi connectivity index (χ1n) is 5.82. The standard InChI is InChI=1S/C13H15N3O3/c1-13(2,7-17)14-10-8-5-3-4-6-9(8)15-16-11(10)12(18)19/h3-6,17H,7H2,1-2H3,(H,14,15)(H,18,19). The first kappa shape index (κ1) is 13.2. The van der Waals surface area contributed by atoms with Crippen molar-refractivity contribution in [2.24, 2.45) is 0 Å². The second kappa shape index (κ2) is 4.81. The van der Waals surface area contributed by atoms with Crippen LogP contribution in [0.25, 0.3) is 10.9 Å². The summed E-state index contributed by atoms with van der Waals surface area (Å²) in [6.45, 7) is 3.41. The number of aliphatic hydroxyl groups excluding tert-OH is 1. The molecule has 0 saturated heterocycles. The molecular weight excluding hydrogens is 246 g/mol. The zero-order valence-corrected chi connectivity index (χ0v) is 10.7. The van der Waals surface area contributed by atoms with Gasteiger partial charge in [-0.15, -0.1) is 10.2 Å². The lowest BCUT2D eigenvalue weighted by atomic mass is 10.0. The molecule has 0 unspecified atom stereocenters. The highest BCUT2D eigenvalue weighted by Crippen LogP contribution is 2.27. The van der Waals surface area contributed by atoms with Crippen LogP contribution in [-0.4, -0.2) is 38.5 Å². The molecule has 0 aliphatic carbocycles. The van der Waals surface area contributed by atoms with Crippen molar-refractivity contribution in [1.82, 2.24) is 10.2 Å². The molecule has 0 saturated carbocycles. The third-order valence-electron chi connectivity index (χ3n) is 2.73. The number of aromatic carboxylic acids is 1. The summed E-state index contributed by atoms with van der Waals surface area (Å²) < 4.78 is 0. The van der Waals surface area contributed by atoms with Crippen molar-refractivity contribution in [2.45, 2.75) is 19.4 Å². The van der Waals surface area contributed by atoms with E-state index in [-0.39, 0.29) is 12.3 Å². The molecule has 0 atom stereocenters. The molecule has 0 fully saturated rings. The van der Waals surface area contributed by atoms with Gasteiger partial charge < -0.3 is 15.5 Å². The Bertz CT molecular complexity index is 626. The van der Waals surface area contributed by atoms with Gasteiger partial charge in [0.15, 0.2) is 5.69 Å². The number of carboxylic acid groups (broad SMARTS) is 1. The van der Waals surface area contributed by atoms with E-state index in [1.807, 2.05) is 0 Å². The van der Waals surface area contributed by atoms with Gasteiger partial charge in [0, 0.05) is 5.39 Å². The molecule has 1 aromatic carbocycles. The topological polar surface area (TPSA) is 95.3 Å². The van der Waals surface area contributed by atoms with Gasteiger partial charge in [0.2, 0.25) is 0 Å². The molecule has 6 heteroatoms. The van der Waals surface area contributed by atoms with E-state index in [2.05, 4.69) is 15.5 Å². The average Bonchev–Trinajstić information content (AvgIpc) is 2.38. The molecule has 6 nitrogen and oxygen atoms in total. The van der Waals surface area contributed by atoms with Crippen LogP contribution in [0.5, 0.6) is 0 Å². The molecule has 0 amide bonds. The van der Waals surface area contributed by atoms with Gasteiger partial charge in [-0.05, 0) is 19.9 Å². The lowest BCUT2D eigenvalue weighted by Gasteiger charge is -2.26. The summed E-state index contributed by atoms with van der Waals surface area (Å²) in [5.41, 5.74) is 0.164. The first-order valence-corrected chi connectivity index (χ1v) is 5.82. The van der Waals surface area contributed by atoms with Gasteiger partial charge in [0.25, 0.3) is 0 Å². The Morgan fingerprint density at radius 2 is 2.00 bits per heavy atom. The average molecular weight is 261 g/mol. The SMILES string of the molecule is CC(C)(CO)Nc1c(C(=O)O)nnc2ccccc12. The summed E-state index contributed by atoms with van der Waals surface area (Å²) in [5, 5.41) is 29.8. The number of carboxylic acids is 1. The number of hydrogen-bond acceptors (Lipinski definition) is 5. The van der Waals surface area contributed by atoms with E-state index in [4.69, 9.17) is 0 Å². The van der Waals surface area contributed by atoms with Crippen LogP contribution in [0.15, 0.2) is 24.3 Å². The molecule has 0 bridgehead atoms. The van der Waals surface area contributed by atoms with Gasteiger partial charge >= 0.3 is 5.97 Å². The lowest BCUT2D eigenvalue weighted by Crippen LogP contribution is -2.36. The van der Waals surface area contributed by atoms with E-state index >= 15 is 0 Å². The highest BCUT2D eigenvalue weighted by atomic mass is 16.4. The van der Waals surface area contributed by atoms with Gasteiger partial charge in [-0.2, -0.15) is 0 Å². The number of anilines is 1. The Hall–Kier alpha value is -2.21. The molecular formula is C13H15N3O3. The van der Waals surface area contributed by atoms with E-state index in [9.17, 15) is 15.0 Å². The molecule has 0 aliphatic rings. The fourth-order valence-electron chi connectivity index (χ4n) is 1.71. The van der Waals surface area contributed by atoms with Crippen molar-refractivity contribution in [3.63, 3.8) is 0 Å². The molecule has 2 aromatic rings. The Kier molecular flexibility index (Phi) is 3.35. The van der Waals surface area contributed by atoms with Crippen LogP contribution < -0.4 is 5.32 Å². The first-order chi connectivity index (χ1) is 8.94. The molecule has 0 spiro atoms. The number of aromatic nitrogens is 2. The molecule has 3 N–H and O–H groups in total. The summed E-state index contributed by atoms with van der Waals surface area (Å²) >= 11 is 0. The van der Waals surface area contributed by atoms with Crippen LogP contribution >= 0.6 is 0 Å². The van der Waals surface area contributed by atoms with Crippen LogP contribution in [0.3, 0.4) is 0 Å². The van der Waals surface area contributed by atoms with Crippen molar-refractivity contribution in [1.29, 1.82) is 0 Å². The molecule has 0 aliphatic heterocycles. The number of nitrogens with one attached hydrogen (secondary N) is 1. The van der Waals surface area contributed by atoms with Gasteiger partial charge in [0.1, 0.15) is 0 Å². The molecule has 1 aromatic heterocycles. The lowest BCUT2D eigenvalue weighted by molar-refractivity contribution is 0.0690. The predicted octanol–water partition coefficient (Wildman–Crippen LogP) is 1.51. The van der Waals surface area contributed by atoms with Crippen LogP contribution in [-0.2, 0) is 0 Å². The van der Waals surface area contributed by atoms with E-state index in [0.717, 1.165) is 0 Å². The van der Waals surface area contributed by atoms with Crippen LogP contribution in [0.4, 0.5) is 5.69 Å². The second-order valence-corrected chi connectivity index (χ2v) is 4.91. The molecule has 2 rings (SSSR count). The largest absolute Gasteiger partial charge is 0.476 e. The summed E-state index contributed by atoms with van der Waals surface area (Å²) in [7, 11) is 0. The highest BCUT2D eigenvalue weighted by molar-refractivity contribution is 6.02. The predicted molar refractivity (Wildman–Crippen MR) is 71.3 cm³/mol. The Labute approximate surface area is 110 Å². The van der Waals surface area contributed by atoms with Gasteiger partial charge in [0.05, 0.1) is 23.3 Å². The van der Waals surface area contributed by atoms with E-state index in [1.54, 1.807) is 38.1 Å². The van der Waals surface area contributed by atoms with Gasteiger partial charge in [-0.3, -0.25) is 0 Å². The maximum absolute atomic E-state index is 11.2. The molecule has 100 valence electrons. The van der Waals surface area contributed by atoms with E-state index in [1.165, 1.54) is 0 Å². The highest BCUT2D eigenvalue weighted by Gasteiger charge is 2.23. The minimum Gasteiger partial charge on any atom is -0.476 e. The zero-order valence-electron chi connectivity index (χ0n) is 10.7. The van der Waals surface area contributed by atoms with Crippen molar-refractivity contribution in [3.8, 4) is 0 Å². The molecule has 19 heavy (non-hydrogen) atoms. The number of aliphatic hydroxyl groups is 1. The van der Waals surface area contributed by atoms with E-state index < -0.39 is 11.5 Å². The Morgan fingerprint density at radius 3 is 2.63 bits per heavy atom. The number of hydrogen-bond donors (Lipinski definition) is 3. The van der Waals surface area contributed by atoms with Crippen molar-refractivity contribution >= 4 is 22.6 Å². The van der Waals surface area contributed by atoms with Crippen molar-refractivity contribution in [3.05, 3.63) is 30.0 Å². The summed E-state index contributed by atoms with van der Waals surface area (Å²) in [5.74, 6) is -1.16. The number of carbonyl (C=O) groups is 1. The van der Waals surface area contributed by atoms with Crippen LogP contribution in [0, 0.1) is 0 Å². The normalized spacial score (nSPS) is 11.5. The smallest absolute Gasteiger partial charge is 0.358 e. The number of nitrogens with zero attached hydrogens (tertiary/aromatic N) is 2.